The molecule has 2 heterocycles. The molecule has 2 unspecified atom stereocenters. The molecule has 1 aromatic rings. The summed E-state index contributed by atoms with van der Waals surface area (Å²) in [5, 5.41) is 5.54. The third-order valence-electron chi connectivity index (χ3n) is 2.50. The molecule has 0 aromatic carbocycles. The molecule has 2 rings (SSSR count). The minimum atomic E-state index is -0.340. The number of thiophene rings is 1. The van der Waals surface area contributed by atoms with Crippen LogP contribution in [0.4, 0.5) is 5.00 Å². The molecule has 1 saturated heterocycles. The molecule has 1 N–H and O–H groups in total. The fourth-order valence-corrected chi connectivity index (χ4v) is 3.26. The van der Waals surface area contributed by atoms with Crippen molar-refractivity contribution in [1.29, 1.82) is 0 Å². The van der Waals surface area contributed by atoms with Gasteiger partial charge in [-0.3, -0.25) is 14.5 Å². The fraction of sp³-hybridized carbons (Fsp3) is 0.400. The number of hydrogen-bond donors (Lipinski definition) is 1. The summed E-state index contributed by atoms with van der Waals surface area (Å²) in [6.45, 7) is 1.50. The summed E-state index contributed by atoms with van der Waals surface area (Å²) in [5.74, 6) is -0.151. The third kappa shape index (κ3) is 1.95. The van der Waals surface area contributed by atoms with Gasteiger partial charge in [-0.05, 0) is 17.5 Å². The predicted molar refractivity (Wildman–Crippen MR) is 72.1 cm³/mol. The van der Waals surface area contributed by atoms with Gasteiger partial charge < -0.3 is 5.32 Å². The van der Waals surface area contributed by atoms with Crippen LogP contribution in [-0.4, -0.2) is 28.3 Å². The average Bonchev–Trinajstić information content (AvgIpc) is 2.74. The monoisotopic (exact) mass is 350 g/mol. The molecule has 4 nitrogen and oxygen atoms in total. The number of carbonyl (C=O) groups excluding carboxylic acids is 2. The number of anilines is 1. The van der Waals surface area contributed by atoms with Crippen LogP contribution in [0.25, 0.3) is 0 Å². The van der Waals surface area contributed by atoms with Gasteiger partial charge >= 0.3 is 0 Å². The standard InChI is InChI=1S/C10H11IN2O2S/c1-6(14)13(8-3-2-4-16-8)9-7(5-11)12-10(9)15/h2-4,7,9H,5H2,1H3,(H,12,15). The van der Waals surface area contributed by atoms with Crippen molar-refractivity contribution in [2.24, 2.45) is 0 Å². The van der Waals surface area contributed by atoms with Crippen molar-refractivity contribution < 1.29 is 9.59 Å². The molecular formula is C10H11IN2O2S. The molecule has 0 bridgehead atoms. The van der Waals surface area contributed by atoms with Gasteiger partial charge in [-0.2, -0.15) is 0 Å². The van der Waals surface area contributed by atoms with E-state index in [2.05, 4.69) is 27.9 Å². The summed E-state index contributed by atoms with van der Waals surface area (Å²) < 4.78 is 0.809. The smallest absolute Gasteiger partial charge is 0.245 e. The first kappa shape index (κ1) is 11.8. The number of nitrogens with one attached hydrogen (secondary N) is 1. The molecule has 16 heavy (non-hydrogen) atoms. The number of hydrogen-bond acceptors (Lipinski definition) is 3. The number of amides is 2. The lowest BCUT2D eigenvalue weighted by Crippen LogP contribution is -2.70. The lowest BCUT2D eigenvalue weighted by molar-refractivity contribution is -0.132. The second kappa shape index (κ2) is 4.70. The van der Waals surface area contributed by atoms with Gasteiger partial charge in [-0.1, -0.05) is 22.6 Å². The minimum absolute atomic E-state index is 0.0646. The molecule has 1 aliphatic heterocycles. The highest BCUT2D eigenvalue weighted by atomic mass is 127. The Kier molecular flexibility index (Phi) is 3.48. The Morgan fingerprint density at radius 2 is 2.44 bits per heavy atom. The van der Waals surface area contributed by atoms with Crippen molar-refractivity contribution in [3.8, 4) is 0 Å². The number of rotatable bonds is 3. The highest BCUT2D eigenvalue weighted by Crippen LogP contribution is 2.28. The fourth-order valence-electron chi connectivity index (χ4n) is 1.75. The molecule has 6 heteroatoms. The predicted octanol–water partition coefficient (Wildman–Crippen LogP) is 1.40. The summed E-state index contributed by atoms with van der Waals surface area (Å²) in [5.41, 5.74) is 0. The minimum Gasteiger partial charge on any atom is -0.348 e. The summed E-state index contributed by atoms with van der Waals surface area (Å²) >= 11 is 3.69. The van der Waals surface area contributed by atoms with Gasteiger partial charge in [-0.25, -0.2) is 0 Å². The maximum atomic E-state index is 11.6. The third-order valence-corrected chi connectivity index (χ3v) is 4.32. The number of alkyl halides is 1. The molecular weight excluding hydrogens is 339 g/mol. The first-order valence-electron chi connectivity index (χ1n) is 4.85. The van der Waals surface area contributed by atoms with Crippen molar-refractivity contribution in [2.45, 2.75) is 19.0 Å². The van der Waals surface area contributed by atoms with Crippen LogP contribution in [0.1, 0.15) is 6.92 Å². The van der Waals surface area contributed by atoms with E-state index in [-0.39, 0.29) is 23.9 Å². The zero-order valence-electron chi connectivity index (χ0n) is 8.64. The molecule has 0 spiro atoms. The molecule has 1 aliphatic rings. The van der Waals surface area contributed by atoms with Crippen molar-refractivity contribution >= 4 is 50.7 Å². The SMILES string of the molecule is CC(=O)N(c1cccs1)C1C(=O)NC1CI. The van der Waals surface area contributed by atoms with Gasteiger partial charge in [0.25, 0.3) is 0 Å². The number of halogens is 1. The van der Waals surface area contributed by atoms with Gasteiger partial charge in [0, 0.05) is 11.4 Å². The van der Waals surface area contributed by atoms with E-state index in [0.29, 0.717) is 0 Å². The number of β-lactam (4-membered cyclic amide) rings is 1. The number of carbonyl (C=O) groups is 2. The Balaban J connectivity index is 2.27. The zero-order valence-corrected chi connectivity index (χ0v) is 11.6. The van der Waals surface area contributed by atoms with E-state index >= 15 is 0 Å². The molecule has 1 aromatic heterocycles. The quantitative estimate of drug-likeness (QED) is 0.509. The summed E-state index contributed by atoms with van der Waals surface area (Å²) in [7, 11) is 0. The largest absolute Gasteiger partial charge is 0.348 e. The Bertz CT molecular complexity index is 407. The lowest BCUT2D eigenvalue weighted by atomic mass is 9.99. The Labute approximate surface area is 111 Å². The van der Waals surface area contributed by atoms with Gasteiger partial charge in [0.15, 0.2) is 0 Å². The molecule has 0 radical (unpaired) electrons. The van der Waals surface area contributed by atoms with Gasteiger partial charge in [0.2, 0.25) is 11.8 Å². The van der Waals surface area contributed by atoms with Crippen molar-refractivity contribution in [3.05, 3.63) is 17.5 Å². The molecule has 1 fully saturated rings. The number of nitrogens with zero attached hydrogens (tertiary/aromatic N) is 1. The van der Waals surface area contributed by atoms with Crippen LogP contribution >= 0.6 is 33.9 Å². The van der Waals surface area contributed by atoms with Crippen LogP contribution in [0.2, 0.25) is 0 Å². The highest BCUT2D eigenvalue weighted by molar-refractivity contribution is 14.1. The second-order valence-corrected chi connectivity index (χ2v) is 5.36. The maximum absolute atomic E-state index is 11.6. The Hall–Kier alpha value is -0.630. The second-order valence-electron chi connectivity index (χ2n) is 3.55. The van der Waals surface area contributed by atoms with Crippen LogP contribution in [0.5, 0.6) is 0 Å². The van der Waals surface area contributed by atoms with Crippen molar-refractivity contribution in [2.75, 3.05) is 9.33 Å². The van der Waals surface area contributed by atoms with Crippen LogP contribution in [-0.2, 0) is 9.59 Å². The molecule has 86 valence electrons. The Morgan fingerprint density at radius 1 is 1.69 bits per heavy atom. The van der Waals surface area contributed by atoms with Crippen molar-refractivity contribution in [3.63, 3.8) is 0 Å². The van der Waals surface area contributed by atoms with Gasteiger partial charge in [-0.15, -0.1) is 11.3 Å². The molecule has 2 amide bonds. The first-order chi connectivity index (χ1) is 7.65. The molecule has 2 atom stereocenters. The van der Waals surface area contributed by atoms with E-state index in [1.807, 2.05) is 17.5 Å². The average molecular weight is 350 g/mol. The Morgan fingerprint density at radius 3 is 2.88 bits per heavy atom. The van der Waals surface area contributed by atoms with Gasteiger partial charge in [0.1, 0.15) is 6.04 Å². The van der Waals surface area contributed by atoms with E-state index in [0.717, 1.165) is 9.43 Å². The molecule has 0 aliphatic carbocycles. The summed E-state index contributed by atoms with van der Waals surface area (Å²) in [6.07, 6.45) is 0. The topological polar surface area (TPSA) is 49.4 Å². The van der Waals surface area contributed by atoms with E-state index in [1.54, 1.807) is 4.90 Å². The lowest BCUT2D eigenvalue weighted by Gasteiger charge is -2.41. The maximum Gasteiger partial charge on any atom is 0.245 e. The van der Waals surface area contributed by atoms with E-state index in [9.17, 15) is 9.59 Å². The van der Waals surface area contributed by atoms with Crippen LogP contribution in [0.15, 0.2) is 17.5 Å². The highest BCUT2D eigenvalue weighted by Gasteiger charge is 2.44. The van der Waals surface area contributed by atoms with E-state index < -0.39 is 0 Å². The first-order valence-corrected chi connectivity index (χ1v) is 7.25. The zero-order chi connectivity index (χ0) is 11.7. The van der Waals surface area contributed by atoms with E-state index in [4.69, 9.17) is 0 Å². The summed E-state index contributed by atoms with van der Waals surface area (Å²) in [4.78, 5) is 24.8. The molecule has 0 saturated carbocycles. The van der Waals surface area contributed by atoms with Gasteiger partial charge in [0.05, 0.1) is 11.0 Å². The van der Waals surface area contributed by atoms with Crippen LogP contribution in [0.3, 0.4) is 0 Å². The van der Waals surface area contributed by atoms with Crippen molar-refractivity contribution in [1.82, 2.24) is 5.32 Å². The normalized spacial score (nSPS) is 23.5. The van der Waals surface area contributed by atoms with Crippen LogP contribution < -0.4 is 10.2 Å². The van der Waals surface area contributed by atoms with E-state index in [1.165, 1.54) is 18.3 Å². The van der Waals surface area contributed by atoms with Crippen LogP contribution in [0, 0.1) is 0 Å². The summed E-state index contributed by atoms with van der Waals surface area (Å²) in [6, 6.07) is 3.47.